The molecular formula is C28H37FN6O. The molecule has 1 saturated heterocycles. The van der Waals surface area contributed by atoms with E-state index in [0.29, 0.717) is 42.6 Å². The Hall–Kier alpha value is -2.97. The number of hydrogen-bond acceptors (Lipinski definition) is 7. The third-order valence-corrected chi connectivity index (χ3v) is 7.28. The summed E-state index contributed by atoms with van der Waals surface area (Å²) in [5.74, 6) is -0.781. The van der Waals surface area contributed by atoms with Gasteiger partial charge in [0, 0.05) is 68.1 Å². The number of pyridine rings is 1. The van der Waals surface area contributed by atoms with Crippen LogP contribution >= 0.6 is 0 Å². The van der Waals surface area contributed by atoms with Crippen LogP contribution in [-0.2, 0) is 4.84 Å². The van der Waals surface area contributed by atoms with Crippen LogP contribution in [0.15, 0.2) is 47.9 Å². The van der Waals surface area contributed by atoms with Gasteiger partial charge in [0.2, 0.25) is 0 Å². The zero-order valence-corrected chi connectivity index (χ0v) is 21.5. The number of rotatable bonds is 8. The predicted molar refractivity (Wildman–Crippen MR) is 143 cm³/mol. The average Bonchev–Trinajstić information content (AvgIpc) is 2.86. The van der Waals surface area contributed by atoms with Crippen LogP contribution in [0.4, 0.5) is 4.39 Å². The maximum Gasteiger partial charge on any atom is 0.129 e. The molecular weight excluding hydrogens is 455 g/mol. The first-order valence-electron chi connectivity index (χ1n) is 12.8. The number of halogens is 1. The topological polar surface area (TPSA) is 88.7 Å². The molecule has 4 rings (SSSR count). The van der Waals surface area contributed by atoms with Gasteiger partial charge in [0.1, 0.15) is 12.4 Å². The molecule has 7 nitrogen and oxygen atoms in total. The van der Waals surface area contributed by atoms with E-state index < -0.39 is 5.92 Å². The standard InChI is InChI=1S/C28H37FN6O/c1-19(2)35-11-9-34(10-12-35)13-14-36-33-27-16-22(15-26(31)28(27)20(3)30)24-7-6-23(29)17-25(24)21-5-4-8-32-18-21/h4-8,17-19,22,28,30-31H,9-16H2,1-3H3. The summed E-state index contributed by atoms with van der Waals surface area (Å²) >= 11 is 0. The Bertz CT molecular complexity index is 1090. The van der Waals surface area contributed by atoms with Crippen molar-refractivity contribution in [3.05, 3.63) is 54.1 Å². The highest BCUT2D eigenvalue weighted by Gasteiger charge is 2.35. The largest absolute Gasteiger partial charge is 0.394 e. The molecule has 1 aliphatic heterocycles. The highest BCUT2D eigenvalue weighted by atomic mass is 19.1. The minimum atomic E-state index is -0.432. The second-order valence-electron chi connectivity index (χ2n) is 10.1. The van der Waals surface area contributed by atoms with Crippen LogP contribution in [0.5, 0.6) is 0 Å². The smallest absolute Gasteiger partial charge is 0.129 e. The third-order valence-electron chi connectivity index (χ3n) is 7.28. The second-order valence-corrected chi connectivity index (χ2v) is 10.1. The van der Waals surface area contributed by atoms with Crippen molar-refractivity contribution in [3.63, 3.8) is 0 Å². The van der Waals surface area contributed by atoms with Crippen LogP contribution in [0.25, 0.3) is 11.1 Å². The van der Waals surface area contributed by atoms with E-state index in [4.69, 9.17) is 15.7 Å². The first-order valence-corrected chi connectivity index (χ1v) is 12.8. The Kier molecular flexibility index (Phi) is 8.59. The fourth-order valence-corrected chi connectivity index (χ4v) is 5.31. The molecule has 2 N–H and O–H groups in total. The summed E-state index contributed by atoms with van der Waals surface area (Å²) in [7, 11) is 0. The lowest BCUT2D eigenvalue weighted by atomic mass is 9.73. The molecule has 1 aliphatic carbocycles. The predicted octanol–water partition coefficient (Wildman–Crippen LogP) is 4.84. The Morgan fingerprint density at radius 1 is 1.19 bits per heavy atom. The second kappa shape index (κ2) is 11.8. The van der Waals surface area contributed by atoms with E-state index in [1.54, 1.807) is 19.3 Å². The number of nitrogens with one attached hydrogen (secondary N) is 2. The highest BCUT2D eigenvalue weighted by molar-refractivity contribution is 6.23. The molecule has 2 aliphatic rings. The summed E-state index contributed by atoms with van der Waals surface area (Å²) in [6.45, 7) is 11.7. The minimum Gasteiger partial charge on any atom is -0.394 e. The molecule has 2 unspecified atom stereocenters. The van der Waals surface area contributed by atoms with Crippen molar-refractivity contribution in [1.29, 1.82) is 10.8 Å². The number of nitrogens with zero attached hydrogens (tertiary/aromatic N) is 4. The van der Waals surface area contributed by atoms with Gasteiger partial charge in [-0.05, 0) is 68.9 Å². The quantitative estimate of drug-likeness (QED) is 0.314. The number of benzene rings is 1. The van der Waals surface area contributed by atoms with Gasteiger partial charge in [-0.1, -0.05) is 17.3 Å². The SMILES string of the molecule is CC(=N)C1C(=N)CC(c2ccc(F)cc2-c2cccnc2)CC1=NOCCN1CCN(C(C)C)CC1. The molecule has 1 saturated carbocycles. The summed E-state index contributed by atoms with van der Waals surface area (Å²) in [4.78, 5) is 14.8. The number of piperazine rings is 1. The Morgan fingerprint density at radius 2 is 1.97 bits per heavy atom. The van der Waals surface area contributed by atoms with E-state index in [1.165, 1.54) is 12.1 Å². The van der Waals surface area contributed by atoms with Crippen LogP contribution in [-0.4, -0.2) is 77.3 Å². The highest BCUT2D eigenvalue weighted by Crippen LogP contribution is 2.38. The molecule has 2 aromatic rings. The molecule has 1 aromatic carbocycles. The summed E-state index contributed by atoms with van der Waals surface area (Å²) in [5.41, 5.74) is 4.15. The maximum absolute atomic E-state index is 14.2. The summed E-state index contributed by atoms with van der Waals surface area (Å²) < 4.78 is 14.2. The first kappa shape index (κ1) is 26.1. The molecule has 0 spiro atoms. The van der Waals surface area contributed by atoms with Crippen LogP contribution in [0.3, 0.4) is 0 Å². The Labute approximate surface area is 213 Å². The average molecular weight is 493 g/mol. The van der Waals surface area contributed by atoms with E-state index in [2.05, 4.69) is 33.8 Å². The molecule has 0 amide bonds. The Balaban J connectivity index is 1.47. The monoisotopic (exact) mass is 492 g/mol. The fraction of sp³-hybridized carbons (Fsp3) is 0.500. The minimum absolute atomic E-state index is 0.0460. The van der Waals surface area contributed by atoms with Crippen molar-refractivity contribution >= 4 is 17.1 Å². The molecule has 192 valence electrons. The first-order chi connectivity index (χ1) is 17.3. The van der Waals surface area contributed by atoms with Crippen molar-refractivity contribution in [2.45, 2.75) is 45.6 Å². The molecule has 2 atom stereocenters. The van der Waals surface area contributed by atoms with E-state index in [-0.39, 0.29) is 11.7 Å². The van der Waals surface area contributed by atoms with E-state index >= 15 is 0 Å². The zero-order chi connectivity index (χ0) is 25.7. The number of aromatic nitrogens is 1. The number of hydrogen-bond donors (Lipinski definition) is 2. The lowest BCUT2D eigenvalue weighted by molar-refractivity contribution is 0.0686. The third kappa shape index (κ3) is 6.23. The van der Waals surface area contributed by atoms with Crippen LogP contribution in [0, 0.1) is 22.6 Å². The van der Waals surface area contributed by atoms with E-state index in [1.807, 2.05) is 18.2 Å². The van der Waals surface area contributed by atoms with Gasteiger partial charge in [0.25, 0.3) is 0 Å². The molecule has 0 bridgehead atoms. The molecule has 1 aromatic heterocycles. The van der Waals surface area contributed by atoms with Gasteiger partial charge in [-0.2, -0.15) is 0 Å². The summed E-state index contributed by atoms with van der Waals surface area (Å²) in [6.07, 6.45) is 4.49. The van der Waals surface area contributed by atoms with Gasteiger partial charge >= 0.3 is 0 Å². The van der Waals surface area contributed by atoms with Gasteiger partial charge in [-0.15, -0.1) is 0 Å². The van der Waals surface area contributed by atoms with Crippen molar-refractivity contribution in [3.8, 4) is 11.1 Å². The molecule has 2 fully saturated rings. The molecule has 2 heterocycles. The molecule has 8 heteroatoms. The van der Waals surface area contributed by atoms with Gasteiger partial charge in [0.05, 0.1) is 11.6 Å². The van der Waals surface area contributed by atoms with Crippen LogP contribution in [0.2, 0.25) is 0 Å². The van der Waals surface area contributed by atoms with Gasteiger partial charge in [-0.25, -0.2) is 4.39 Å². The van der Waals surface area contributed by atoms with Gasteiger partial charge < -0.3 is 15.7 Å². The van der Waals surface area contributed by atoms with Crippen molar-refractivity contribution in [2.75, 3.05) is 39.3 Å². The van der Waals surface area contributed by atoms with Crippen molar-refractivity contribution in [2.24, 2.45) is 11.1 Å². The lowest BCUT2D eigenvalue weighted by Crippen LogP contribution is -2.49. The number of oxime groups is 1. The maximum atomic E-state index is 14.2. The molecule has 36 heavy (non-hydrogen) atoms. The lowest BCUT2D eigenvalue weighted by Gasteiger charge is -2.36. The molecule has 0 radical (unpaired) electrons. The van der Waals surface area contributed by atoms with Crippen molar-refractivity contribution < 1.29 is 9.23 Å². The van der Waals surface area contributed by atoms with Gasteiger partial charge in [0.15, 0.2) is 0 Å². The van der Waals surface area contributed by atoms with E-state index in [9.17, 15) is 4.39 Å². The van der Waals surface area contributed by atoms with E-state index in [0.717, 1.165) is 49.4 Å². The van der Waals surface area contributed by atoms with Crippen molar-refractivity contribution in [1.82, 2.24) is 14.8 Å². The zero-order valence-electron chi connectivity index (χ0n) is 21.5. The fourth-order valence-electron chi connectivity index (χ4n) is 5.31. The van der Waals surface area contributed by atoms with Crippen LogP contribution < -0.4 is 0 Å². The Morgan fingerprint density at radius 3 is 2.64 bits per heavy atom. The van der Waals surface area contributed by atoms with Gasteiger partial charge in [-0.3, -0.25) is 14.8 Å². The normalized spacial score (nSPS) is 22.8. The van der Waals surface area contributed by atoms with Crippen LogP contribution in [0.1, 0.15) is 45.1 Å². The summed E-state index contributed by atoms with van der Waals surface area (Å²) in [5, 5.41) is 21.5. The summed E-state index contributed by atoms with van der Waals surface area (Å²) in [6, 6.07) is 9.15.